The van der Waals surface area contributed by atoms with Crippen molar-refractivity contribution in [3.8, 4) is 0 Å². The highest BCUT2D eigenvalue weighted by Crippen LogP contribution is 2.36. The minimum Gasteiger partial charge on any atom is -0.357 e. The van der Waals surface area contributed by atoms with Gasteiger partial charge in [0, 0.05) is 34.5 Å². The monoisotopic (exact) mass is 334 g/mol. The van der Waals surface area contributed by atoms with Crippen LogP contribution in [-0.4, -0.2) is 11.5 Å². The molecule has 4 rings (SSSR count). The fraction of sp³-hybridized carbons (Fsp3) is 0.176. The molecule has 0 radical (unpaired) electrons. The van der Waals surface area contributed by atoms with E-state index in [2.05, 4.69) is 29.0 Å². The predicted octanol–water partition coefficient (Wildman–Crippen LogP) is 4.25. The number of thiol groups is 1. The summed E-state index contributed by atoms with van der Waals surface area (Å²) in [6, 6.07) is 13.0. The van der Waals surface area contributed by atoms with Crippen LogP contribution in [0.5, 0.6) is 0 Å². The molecule has 5 heteroatoms. The summed E-state index contributed by atoms with van der Waals surface area (Å²) in [7, 11) is 0. The van der Waals surface area contributed by atoms with Crippen molar-refractivity contribution in [2.24, 2.45) is 0 Å². The fourth-order valence-electron chi connectivity index (χ4n) is 3.19. The Bertz CT molecular complexity index is 813. The Morgan fingerprint density at radius 1 is 1.09 bits per heavy atom. The second-order valence-corrected chi connectivity index (χ2v) is 5.89. The molecule has 1 aliphatic heterocycles. The molecule has 0 fully saturated rings. The Morgan fingerprint density at radius 2 is 1.86 bits per heavy atom. The van der Waals surface area contributed by atoms with E-state index >= 15 is 0 Å². The summed E-state index contributed by atoms with van der Waals surface area (Å²) >= 11 is 4.54. The van der Waals surface area contributed by atoms with Gasteiger partial charge in [0.25, 0.3) is 0 Å². The van der Waals surface area contributed by atoms with Crippen molar-refractivity contribution >= 4 is 35.9 Å². The maximum Gasteiger partial charge on any atom is 0.123 e. The zero-order valence-corrected chi connectivity index (χ0v) is 13.5. The van der Waals surface area contributed by atoms with E-state index in [1.54, 1.807) is 0 Å². The summed E-state index contributed by atoms with van der Waals surface area (Å²) in [5.74, 6) is -0.202. The van der Waals surface area contributed by atoms with Gasteiger partial charge in [0.2, 0.25) is 0 Å². The van der Waals surface area contributed by atoms with Crippen LogP contribution in [0.3, 0.4) is 0 Å². The van der Waals surface area contributed by atoms with Crippen LogP contribution in [0.4, 0.5) is 4.39 Å². The second kappa shape index (κ2) is 5.95. The van der Waals surface area contributed by atoms with E-state index in [9.17, 15) is 4.39 Å². The highest BCUT2D eigenvalue weighted by Gasteiger charge is 2.25. The van der Waals surface area contributed by atoms with Gasteiger partial charge in [-0.15, -0.1) is 25.0 Å². The van der Waals surface area contributed by atoms with Gasteiger partial charge in [0.15, 0.2) is 0 Å². The molecule has 0 spiro atoms. The van der Waals surface area contributed by atoms with E-state index in [4.69, 9.17) is 0 Å². The molecule has 114 valence electrons. The number of hydrogen-bond donors (Lipinski definition) is 3. The van der Waals surface area contributed by atoms with Crippen LogP contribution in [0, 0.1) is 5.82 Å². The van der Waals surface area contributed by atoms with Gasteiger partial charge in [-0.1, -0.05) is 24.3 Å². The normalized spacial score (nSPS) is 17.1. The first-order chi connectivity index (χ1) is 10.2. The molecule has 0 saturated heterocycles. The molecule has 1 unspecified atom stereocenters. The van der Waals surface area contributed by atoms with Crippen LogP contribution in [0.1, 0.15) is 22.9 Å². The number of nitrogens with one attached hydrogen (secondary N) is 2. The second-order valence-electron chi connectivity index (χ2n) is 5.41. The quantitative estimate of drug-likeness (QED) is 0.570. The first kappa shape index (κ1) is 15.4. The summed E-state index contributed by atoms with van der Waals surface area (Å²) in [6.07, 6.45) is 0.967. The van der Waals surface area contributed by atoms with Gasteiger partial charge in [-0.25, -0.2) is 4.39 Å². The molecule has 1 aliphatic rings. The molecular formula is C17H16ClFN2S. The smallest absolute Gasteiger partial charge is 0.123 e. The molecular weight excluding hydrogens is 319 g/mol. The van der Waals surface area contributed by atoms with Gasteiger partial charge in [0.05, 0.1) is 11.6 Å². The fourth-order valence-corrected chi connectivity index (χ4v) is 3.45. The van der Waals surface area contributed by atoms with E-state index in [-0.39, 0.29) is 24.3 Å². The summed E-state index contributed by atoms with van der Waals surface area (Å²) in [5.41, 5.74) is 4.68. The molecule has 1 atom stereocenters. The standard InChI is InChI=1S/C17H15FN2S.ClH/c18-11-6-4-10(5-7-11)16-15-12-2-1-3-14(21)17(12)20-13(15)8-9-19-16;/h1-7,16,19-21H,8-9H2;1H. The third-order valence-corrected chi connectivity index (χ3v) is 4.52. The molecule has 2 aromatic carbocycles. The van der Waals surface area contributed by atoms with Crippen LogP contribution in [-0.2, 0) is 6.42 Å². The number of aromatic nitrogens is 1. The molecule has 3 aromatic rings. The Kier molecular flexibility index (Phi) is 4.17. The lowest BCUT2D eigenvalue weighted by atomic mass is 9.92. The van der Waals surface area contributed by atoms with E-state index in [0.29, 0.717) is 0 Å². The third-order valence-electron chi connectivity index (χ3n) is 4.15. The van der Waals surface area contributed by atoms with Gasteiger partial charge in [-0.05, 0) is 23.8 Å². The first-order valence-corrected chi connectivity index (χ1v) is 7.50. The minimum absolute atomic E-state index is 0. The Labute approximate surface area is 139 Å². The highest BCUT2D eigenvalue weighted by atomic mass is 35.5. The van der Waals surface area contributed by atoms with Gasteiger partial charge >= 0.3 is 0 Å². The average molecular weight is 335 g/mol. The molecule has 22 heavy (non-hydrogen) atoms. The lowest BCUT2D eigenvalue weighted by molar-refractivity contribution is 0.564. The number of hydrogen-bond acceptors (Lipinski definition) is 2. The van der Waals surface area contributed by atoms with Crippen LogP contribution in [0.2, 0.25) is 0 Å². The summed E-state index contributed by atoms with van der Waals surface area (Å²) in [6.45, 7) is 0.907. The third kappa shape index (κ3) is 2.41. The van der Waals surface area contributed by atoms with E-state index < -0.39 is 0 Å². The topological polar surface area (TPSA) is 27.8 Å². The molecule has 1 aromatic heterocycles. The van der Waals surface area contributed by atoms with Crippen molar-refractivity contribution in [2.75, 3.05) is 6.54 Å². The Hall–Kier alpha value is -1.49. The summed E-state index contributed by atoms with van der Waals surface area (Å²) in [5, 5.41) is 4.73. The van der Waals surface area contributed by atoms with E-state index in [1.165, 1.54) is 28.8 Å². The van der Waals surface area contributed by atoms with E-state index in [0.717, 1.165) is 28.9 Å². The number of halogens is 2. The molecule has 0 bridgehead atoms. The number of para-hydroxylation sites is 1. The minimum atomic E-state index is -0.202. The maximum absolute atomic E-state index is 13.2. The number of fused-ring (bicyclic) bond motifs is 3. The van der Waals surface area contributed by atoms with Crippen LogP contribution < -0.4 is 5.32 Å². The van der Waals surface area contributed by atoms with Crippen molar-refractivity contribution < 1.29 is 4.39 Å². The number of benzene rings is 2. The van der Waals surface area contributed by atoms with Crippen molar-refractivity contribution in [3.05, 3.63) is 65.1 Å². The van der Waals surface area contributed by atoms with Crippen molar-refractivity contribution in [2.45, 2.75) is 17.4 Å². The molecule has 0 amide bonds. The van der Waals surface area contributed by atoms with Crippen molar-refractivity contribution in [1.82, 2.24) is 10.3 Å². The van der Waals surface area contributed by atoms with E-state index in [1.807, 2.05) is 24.3 Å². The number of aromatic amines is 1. The lowest BCUT2D eigenvalue weighted by Crippen LogP contribution is -2.30. The first-order valence-electron chi connectivity index (χ1n) is 7.05. The molecule has 0 aliphatic carbocycles. The van der Waals surface area contributed by atoms with Crippen LogP contribution in [0.25, 0.3) is 10.9 Å². The average Bonchev–Trinajstić information content (AvgIpc) is 2.88. The van der Waals surface area contributed by atoms with Crippen molar-refractivity contribution in [1.29, 1.82) is 0 Å². The summed E-state index contributed by atoms with van der Waals surface area (Å²) < 4.78 is 13.2. The van der Waals surface area contributed by atoms with Gasteiger partial charge < -0.3 is 10.3 Å². The summed E-state index contributed by atoms with van der Waals surface area (Å²) in [4.78, 5) is 4.46. The Morgan fingerprint density at radius 3 is 2.64 bits per heavy atom. The van der Waals surface area contributed by atoms with Gasteiger partial charge in [0.1, 0.15) is 5.82 Å². The Balaban J connectivity index is 0.00000144. The highest BCUT2D eigenvalue weighted by molar-refractivity contribution is 7.80. The van der Waals surface area contributed by atoms with Crippen LogP contribution >= 0.6 is 25.0 Å². The van der Waals surface area contributed by atoms with Gasteiger partial charge in [-0.2, -0.15) is 0 Å². The van der Waals surface area contributed by atoms with Crippen molar-refractivity contribution in [3.63, 3.8) is 0 Å². The molecule has 2 N–H and O–H groups in total. The van der Waals surface area contributed by atoms with Crippen LogP contribution in [0.15, 0.2) is 47.4 Å². The number of H-pyrrole nitrogens is 1. The SMILES string of the molecule is Cl.Fc1ccc(C2NCCc3[nH]c4c(S)cccc4c32)cc1. The molecule has 2 heterocycles. The number of rotatable bonds is 1. The molecule has 0 saturated carbocycles. The van der Waals surface area contributed by atoms with Gasteiger partial charge in [-0.3, -0.25) is 0 Å². The maximum atomic E-state index is 13.2. The predicted molar refractivity (Wildman–Crippen MR) is 92.7 cm³/mol. The lowest BCUT2D eigenvalue weighted by Gasteiger charge is -2.25. The zero-order chi connectivity index (χ0) is 14.4. The zero-order valence-electron chi connectivity index (χ0n) is 11.8. The molecule has 2 nitrogen and oxygen atoms in total. The largest absolute Gasteiger partial charge is 0.357 e.